The van der Waals surface area contributed by atoms with Crippen LogP contribution in [0.4, 0.5) is 5.69 Å². The van der Waals surface area contributed by atoms with Gasteiger partial charge in [0.1, 0.15) is 0 Å². The smallest absolute Gasteiger partial charge is 0.336 e. The Morgan fingerprint density at radius 3 is 2.02 bits per heavy atom. The molecule has 0 aromatic heterocycles. The molecule has 0 radical (unpaired) electrons. The maximum Gasteiger partial charge on any atom is 0.336 e. The number of nitrogens with one attached hydrogen (secondary N) is 2. The Morgan fingerprint density at radius 1 is 0.913 bits per heavy atom. The van der Waals surface area contributed by atoms with Gasteiger partial charge in [-0.25, -0.2) is 9.59 Å². The van der Waals surface area contributed by atoms with E-state index in [4.69, 9.17) is 9.47 Å². The SMILES string of the molecule is COC(=O)C1=C(C)NC(C)=C(C(=O)OCCC[NH+](C)C(C)CC(c2ccccc2)c2ccccc2)C1c1cccc([N+](=O)[O-])c1.[Cl-]. The van der Waals surface area contributed by atoms with Gasteiger partial charge in [0.25, 0.3) is 5.69 Å². The predicted octanol–water partition coefficient (Wildman–Crippen LogP) is 2.07. The molecule has 4 rings (SSSR count). The first-order chi connectivity index (χ1) is 21.6. The van der Waals surface area contributed by atoms with E-state index in [1.807, 2.05) is 12.1 Å². The Morgan fingerprint density at radius 2 is 1.48 bits per heavy atom. The third-order valence-electron chi connectivity index (χ3n) is 8.58. The zero-order chi connectivity index (χ0) is 32.5. The molecule has 0 saturated heterocycles. The van der Waals surface area contributed by atoms with Gasteiger partial charge in [-0.2, -0.15) is 0 Å². The highest BCUT2D eigenvalue weighted by atomic mass is 35.5. The van der Waals surface area contributed by atoms with Gasteiger partial charge < -0.3 is 32.1 Å². The van der Waals surface area contributed by atoms with E-state index in [0.717, 1.165) is 13.0 Å². The summed E-state index contributed by atoms with van der Waals surface area (Å²) >= 11 is 0. The monoisotopic (exact) mass is 647 g/mol. The molecule has 0 spiro atoms. The van der Waals surface area contributed by atoms with Crippen LogP contribution in [0.25, 0.3) is 0 Å². The van der Waals surface area contributed by atoms with Gasteiger partial charge in [0, 0.05) is 42.3 Å². The number of benzene rings is 3. The summed E-state index contributed by atoms with van der Waals surface area (Å²) in [4.78, 5) is 38.8. The predicted molar refractivity (Wildman–Crippen MR) is 173 cm³/mol. The molecule has 244 valence electrons. The summed E-state index contributed by atoms with van der Waals surface area (Å²) < 4.78 is 10.8. The van der Waals surface area contributed by atoms with Crippen molar-refractivity contribution in [2.45, 2.75) is 51.5 Å². The van der Waals surface area contributed by atoms with Crippen molar-refractivity contribution in [2.24, 2.45) is 0 Å². The van der Waals surface area contributed by atoms with Gasteiger partial charge in [-0.3, -0.25) is 10.1 Å². The molecular weight excluding hydrogens is 606 g/mol. The first-order valence-corrected chi connectivity index (χ1v) is 15.2. The molecule has 0 bridgehead atoms. The summed E-state index contributed by atoms with van der Waals surface area (Å²) in [6, 6.07) is 27.4. The number of rotatable bonds is 13. The lowest BCUT2D eigenvalue weighted by Gasteiger charge is -2.30. The van der Waals surface area contributed by atoms with Gasteiger partial charge in [0.15, 0.2) is 0 Å². The summed E-state index contributed by atoms with van der Waals surface area (Å²) in [5.41, 5.74) is 4.33. The lowest BCUT2D eigenvalue weighted by molar-refractivity contribution is -0.904. The number of carbonyl (C=O) groups excluding carboxylic acids is 2. The van der Waals surface area contributed by atoms with E-state index in [2.05, 4.69) is 67.8 Å². The Labute approximate surface area is 276 Å². The molecule has 3 aromatic rings. The van der Waals surface area contributed by atoms with E-state index < -0.39 is 22.8 Å². The third kappa shape index (κ3) is 8.62. The number of non-ortho nitro benzene ring substituents is 1. The largest absolute Gasteiger partial charge is 1.00 e. The van der Waals surface area contributed by atoms with Gasteiger partial charge in [-0.05, 0) is 37.5 Å². The van der Waals surface area contributed by atoms with Crippen LogP contribution >= 0.6 is 0 Å². The van der Waals surface area contributed by atoms with Gasteiger partial charge >= 0.3 is 11.9 Å². The normalized spacial score (nSPS) is 15.8. The molecule has 9 nitrogen and oxygen atoms in total. The second-order valence-electron chi connectivity index (χ2n) is 11.6. The molecule has 0 aliphatic carbocycles. The van der Waals surface area contributed by atoms with E-state index in [0.29, 0.717) is 29.4 Å². The number of methoxy groups -OCH3 is 1. The number of quaternary nitrogens is 1. The van der Waals surface area contributed by atoms with Crippen molar-refractivity contribution < 1.29 is 41.3 Å². The molecule has 46 heavy (non-hydrogen) atoms. The van der Waals surface area contributed by atoms with Gasteiger partial charge in [0.2, 0.25) is 0 Å². The number of nitro groups is 1. The Kier molecular flexibility index (Phi) is 13.1. The number of halogens is 1. The highest BCUT2D eigenvalue weighted by Gasteiger charge is 2.38. The van der Waals surface area contributed by atoms with Crippen LogP contribution in [0.15, 0.2) is 107 Å². The number of hydrogen-bond donors (Lipinski definition) is 2. The number of dihydropyridines is 1. The summed E-state index contributed by atoms with van der Waals surface area (Å²) in [5, 5.41) is 14.6. The van der Waals surface area contributed by atoms with E-state index in [1.54, 1.807) is 19.9 Å². The van der Waals surface area contributed by atoms with E-state index in [9.17, 15) is 19.7 Å². The van der Waals surface area contributed by atoms with Crippen LogP contribution in [0.3, 0.4) is 0 Å². The number of nitro benzene ring substituents is 1. The minimum absolute atomic E-state index is 0. The highest BCUT2D eigenvalue weighted by Crippen LogP contribution is 2.40. The van der Waals surface area contributed by atoms with Gasteiger partial charge in [-0.1, -0.05) is 72.8 Å². The van der Waals surface area contributed by atoms with E-state index in [1.165, 1.54) is 41.3 Å². The maximum atomic E-state index is 13.6. The van der Waals surface area contributed by atoms with Crippen LogP contribution in [-0.4, -0.2) is 50.2 Å². The topological polar surface area (TPSA) is 112 Å². The molecule has 0 saturated carbocycles. The molecular formula is C36H42ClN3O6. The van der Waals surface area contributed by atoms with Crippen LogP contribution in [0.1, 0.15) is 62.1 Å². The second kappa shape index (κ2) is 16.7. The van der Waals surface area contributed by atoms with E-state index in [-0.39, 0.29) is 41.8 Å². The lowest BCUT2D eigenvalue weighted by Crippen LogP contribution is -3.12. The maximum absolute atomic E-state index is 13.6. The summed E-state index contributed by atoms with van der Waals surface area (Å²) in [6.07, 6.45) is 1.60. The van der Waals surface area contributed by atoms with Crippen molar-refractivity contribution >= 4 is 17.6 Å². The van der Waals surface area contributed by atoms with Crippen LogP contribution in [0, 0.1) is 10.1 Å². The Hall–Kier alpha value is -4.47. The molecule has 2 N–H and O–H groups in total. The number of ether oxygens (including phenoxy) is 2. The fourth-order valence-corrected chi connectivity index (χ4v) is 6.03. The molecule has 1 aliphatic heterocycles. The fourth-order valence-electron chi connectivity index (χ4n) is 6.03. The molecule has 3 atom stereocenters. The fraction of sp³-hybridized carbons (Fsp3) is 0.333. The first kappa shape index (κ1) is 36.0. The molecule has 1 heterocycles. The van der Waals surface area contributed by atoms with Crippen LogP contribution in [0.5, 0.6) is 0 Å². The minimum Gasteiger partial charge on any atom is -1.00 e. The highest BCUT2D eigenvalue weighted by molar-refractivity contribution is 5.99. The standard InChI is InChI=1S/C36H41N3O6.ClH/c1-24(22-31(27-14-8-6-9-15-27)28-16-10-7-11-17-28)38(4)20-13-21-45-36(41)33-26(3)37-25(2)32(35(40)44-5)34(33)29-18-12-19-30(23-29)39(42)43;/h6-12,14-19,23-24,31,34,37H,13,20-22H2,1-5H3;1H. The number of esters is 2. The van der Waals surface area contributed by atoms with Crippen LogP contribution < -0.4 is 22.6 Å². The number of hydrogen-bond acceptors (Lipinski definition) is 7. The quantitative estimate of drug-likeness (QED) is 0.126. The van der Waals surface area contributed by atoms with Crippen molar-refractivity contribution in [3.05, 3.63) is 134 Å². The van der Waals surface area contributed by atoms with E-state index >= 15 is 0 Å². The molecule has 0 fully saturated rings. The molecule has 1 aliphatic rings. The first-order valence-electron chi connectivity index (χ1n) is 15.2. The average Bonchev–Trinajstić information content (AvgIpc) is 3.05. The van der Waals surface area contributed by atoms with Crippen LogP contribution in [0.2, 0.25) is 0 Å². The average molecular weight is 648 g/mol. The molecule has 3 aromatic carbocycles. The van der Waals surface area contributed by atoms with Crippen LogP contribution in [-0.2, 0) is 19.1 Å². The molecule has 0 amide bonds. The van der Waals surface area contributed by atoms with Gasteiger partial charge in [0.05, 0.1) is 55.3 Å². The lowest BCUT2D eigenvalue weighted by atomic mass is 9.80. The molecule has 10 heteroatoms. The zero-order valence-corrected chi connectivity index (χ0v) is 27.7. The Balaban J connectivity index is 0.00000576. The second-order valence-corrected chi connectivity index (χ2v) is 11.6. The number of carbonyl (C=O) groups is 2. The summed E-state index contributed by atoms with van der Waals surface area (Å²) in [5.74, 6) is -1.82. The third-order valence-corrected chi connectivity index (χ3v) is 8.58. The zero-order valence-electron chi connectivity index (χ0n) is 26.9. The Bertz CT molecular complexity index is 1540. The molecule has 3 unspecified atom stereocenters. The van der Waals surface area contributed by atoms with Crippen molar-refractivity contribution in [2.75, 3.05) is 27.3 Å². The van der Waals surface area contributed by atoms with Gasteiger partial charge in [-0.15, -0.1) is 0 Å². The number of nitrogens with zero attached hydrogens (tertiary/aromatic N) is 1. The van der Waals surface area contributed by atoms with Crippen molar-refractivity contribution in [3.63, 3.8) is 0 Å². The van der Waals surface area contributed by atoms with Crippen molar-refractivity contribution in [1.29, 1.82) is 0 Å². The summed E-state index contributed by atoms with van der Waals surface area (Å²) in [6.45, 7) is 6.67. The van der Waals surface area contributed by atoms with Crippen molar-refractivity contribution in [1.82, 2.24) is 5.32 Å². The number of allylic oxidation sites excluding steroid dienone is 2. The van der Waals surface area contributed by atoms with Crippen molar-refractivity contribution in [3.8, 4) is 0 Å². The minimum atomic E-state index is -0.882. The summed E-state index contributed by atoms with van der Waals surface area (Å²) in [7, 11) is 3.42.